The minimum atomic E-state index is -0.287. The summed E-state index contributed by atoms with van der Waals surface area (Å²) >= 11 is 0. The van der Waals surface area contributed by atoms with Crippen molar-refractivity contribution < 1.29 is 4.39 Å². The van der Waals surface area contributed by atoms with E-state index < -0.39 is 0 Å². The molecule has 1 aromatic heterocycles. The molecule has 2 aromatic rings. The second-order valence-corrected chi connectivity index (χ2v) is 7.72. The Labute approximate surface area is 185 Å². The number of fused-ring (bicyclic) bond motifs is 1. The predicted octanol–water partition coefficient (Wildman–Crippen LogP) is 7.40. The molecule has 0 spiro atoms. The Morgan fingerprint density at radius 3 is 2.52 bits per heavy atom. The van der Waals surface area contributed by atoms with Crippen LogP contribution in [0.1, 0.15) is 52.6 Å². The maximum Gasteiger partial charge on any atom is 0.129 e. The molecule has 3 nitrogen and oxygen atoms in total. The van der Waals surface area contributed by atoms with Crippen molar-refractivity contribution in [2.45, 2.75) is 54.4 Å². The van der Waals surface area contributed by atoms with E-state index in [-0.39, 0.29) is 5.82 Å². The van der Waals surface area contributed by atoms with Crippen LogP contribution in [0.25, 0.3) is 10.9 Å². The van der Waals surface area contributed by atoms with Crippen LogP contribution in [0.5, 0.6) is 0 Å². The smallest absolute Gasteiger partial charge is 0.129 e. The molecule has 0 fully saturated rings. The van der Waals surface area contributed by atoms with Gasteiger partial charge in [0, 0.05) is 35.0 Å². The summed E-state index contributed by atoms with van der Waals surface area (Å²) in [6.07, 6.45) is 11.2. The molecule has 1 heterocycles. The van der Waals surface area contributed by atoms with E-state index in [1.165, 1.54) is 12.1 Å². The fourth-order valence-corrected chi connectivity index (χ4v) is 3.38. The van der Waals surface area contributed by atoms with Crippen LogP contribution < -0.4 is 0 Å². The number of allylic oxidation sites excluding steroid dienone is 9. The Morgan fingerprint density at radius 1 is 1.13 bits per heavy atom. The van der Waals surface area contributed by atoms with Crippen LogP contribution >= 0.6 is 0 Å². The van der Waals surface area contributed by atoms with Crippen molar-refractivity contribution in [3.05, 3.63) is 94.9 Å². The molecule has 0 atom stereocenters. The van der Waals surface area contributed by atoms with Gasteiger partial charge in [0.25, 0.3) is 0 Å². The van der Waals surface area contributed by atoms with Crippen LogP contribution in [0.4, 0.5) is 4.39 Å². The van der Waals surface area contributed by atoms with Gasteiger partial charge in [-0.2, -0.15) is 0 Å². The summed E-state index contributed by atoms with van der Waals surface area (Å²) in [5.41, 5.74) is 6.83. The fraction of sp³-hybridized carbons (Fsp3) is 0.296. The summed E-state index contributed by atoms with van der Waals surface area (Å²) in [6, 6.07) is 4.64. The third kappa shape index (κ3) is 6.68. The zero-order chi connectivity index (χ0) is 23.0. The number of halogens is 1. The Bertz CT molecular complexity index is 1110. The standard InChI is InChI=1S/C27H32FN3/c1-8-10-12-23(19(5)11-9-2)20(6)29-25(18(3)4)15-16-27-30-21(7)24-14-13-22(28)17-26(24)31-27/h8-14,17H,1,15-16H2,2-7H3/b11-9-,12-10-,23-19-,29-20+. The second-order valence-electron chi connectivity index (χ2n) is 7.72. The second kappa shape index (κ2) is 11.3. The van der Waals surface area contributed by atoms with Crippen molar-refractivity contribution in [1.29, 1.82) is 0 Å². The Morgan fingerprint density at radius 2 is 1.87 bits per heavy atom. The molecule has 4 heteroatoms. The van der Waals surface area contributed by atoms with Crippen LogP contribution in [0.2, 0.25) is 0 Å². The lowest BCUT2D eigenvalue weighted by molar-refractivity contribution is 0.629. The van der Waals surface area contributed by atoms with Gasteiger partial charge in [0.2, 0.25) is 0 Å². The first-order valence-electron chi connectivity index (χ1n) is 10.5. The first kappa shape index (κ1) is 24.1. The van der Waals surface area contributed by atoms with Gasteiger partial charge in [-0.1, -0.05) is 42.5 Å². The molecule has 2 rings (SSSR count). The van der Waals surface area contributed by atoms with Crippen LogP contribution in [0, 0.1) is 12.7 Å². The molecular weight excluding hydrogens is 385 g/mol. The average molecular weight is 418 g/mol. The zero-order valence-electron chi connectivity index (χ0n) is 19.5. The maximum atomic E-state index is 13.6. The number of hydrogen-bond acceptors (Lipinski definition) is 3. The quantitative estimate of drug-likeness (QED) is 0.331. The number of nitrogens with zero attached hydrogens (tertiary/aromatic N) is 3. The number of aliphatic imine (C=N–C) groups is 1. The number of benzene rings is 1. The first-order valence-corrected chi connectivity index (χ1v) is 10.5. The van der Waals surface area contributed by atoms with Crippen LogP contribution in [0.3, 0.4) is 0 Å². The topological polar surface area (TPSA) is 38.1 Å². The molecular formula is C27H32FN3. The van der Waals surface area contributed by atoms with E-state index in [2.05, 4.69) is 43.4 Å². The van der Waals surface area contributed by atoms with Crippen LogP contribution in [-0.2, 0) is 6.42 Å². The summed E-state index contributed by atoms with van der Waals surface area (Å²) in [7, 11) is 0. The molecule has 0 aliphatic heterocycles. The van der Waals surface area contributed by atoms with E-state index >= 15 is 0 Å². The monoisotopic (exact) mass is 417 g/mol. The highest BCUT2D eigenvalue weighted by Crippen LogP contribution is 2.20. The normalized spacial score (nSPS) is 13.2. The van der Waals surface area contributed by atoms with E-state index in [1.807, 2.05) is 39.0 Å². The lowest BCUT2D eigenvalue weighted by Crippen LogP contribution is -2.03. The van der Waals surface area contributed by atoms with Gasteiger partial charge in [-0.25, -0.2) is 14.4 Å². The fourth-order valence-electron chi connectivity index (χ4n) is 3.38. The van der Waals surface area contributed by atoms with Crippen molar-refractivity contribution in [3.8, 4) is 0 Å². The van der Waals surface area contributed by atoms with Crippen LogP contribution in [0.15, 0.2) is 82.6 Å². The summed E-state index contributed by atoms with van der Waals surface area (Å²) in [5, 5.41) is 0.879. The molecule has 31 heavy (non-hydrogen) atoms. The Hall–Kier alpha value is -3.14. The Balaban J connectivity index is 2.34. The molecule has 0 saturated heterocycles. The maximum absolute atomic E-state index is 13.6. The highest BCUT2D eigenvalue weighted by atomic mass is 19.1. The van der Waals surface area contributed by atoms with E-state index in [9.17, 15) is 4.39 Å². The summed E-state index contributed by atoms with van der Waals surface area (Å²) in [4.78, 5) is 14.1. The van der Waals surface area contributed by atoms with Crippen molar-refractivity contribution in [2.24, 2.45) is 4.99 Å². The SMILES string of the molecule is C=C\C=C/C(=C(C)/C=C\C)C(/C)=N/C(CCc1nc(C)c2ccc(F)cc2n1)=C(C)C. The third-order valence-electron chi connectivity index (χ3n) is 4.99. The molecule has 0 saturated carbocycles. The van der Waals surface area contributed by atoms with Gasteiger partial charge in [-0.05, 0) is 71.2 Å². The van der Waals surface area contributed by atoms with E-state index in [1.54, 1.807) is 12.1 Å². The van der Waals surface area contributed by atoms with E-state index in [0.717, 1.165) is 39.2 Å². The minimum absolute atomic E-state index is 0.287. The third-order valence-corrected chi connectivity index (χ3v) is 4.99. The van der Waals surface area contributed by atoms with Gasteiger partial charge >= 0.3 is 0 Å². The van der Waals surface area contributed by atoms with Gasteiger partial charge in [-0.3, -0.25) is 4.99 Å². The first-order chi connectivity index (χ1) is 14.8. The molecule has 162 valence electrons. The van der Waals surface area contributed by atoms with Crippen molar-refractivity contribution in [2.75, 3.05) is 0 Å². The molecule has 1 aromatic carbocycles. The molecule has 0 aliphatic carbocycles. The van der Waals surface area contributed by atoms with Crippen LogP contribution in [-0.4, -0.2) is 15.7 Å². The van der Waals surface area contributed by atoms with Gasteiger partial charge < -0.3 is 0 Å². The van der Waals surface area contributed by atoms with Crippen molar-refractivity contribution >= 4 is 16.6 Å². The molecule has 0 N–H and O–H groups in total. The number of aromatic nitrogens is 2. The van der Waals surface area contributed by atoms with Gasteiger partial charge in [0.05, 0.1) is 5.52 Å². The molecule has 0 unspecified atom stereocenters. The summed E-state index contributed by atoms with van der Waals surface area (Å²) in [6.45, 7) is 15.9. The van der Waals surface area contributed by atoms with Crippen molar-refractivity contribution in [1.82, 2.24) is 9.97 Å². The number of hydrogen-bond donors (Lipinski definition) is 0. The van der Waals surface area contributed by atoms with E-state index in [4.69, 9.17) is 4.99 Å². The largest absolute Gasteiger partial charge is 0.258 e. The average Bonchev–Trinajstić information content (AvgIpc) is 2.71. The Kier molecular flexibility index (Phi) is 8.80. The van der Waals surface area contributed by atoms with Gasteiger partial charge in [0.1, 0.15) is 11.6 Å². The molecule has 0 amide bonds. The summed E-state index contributed by atoms with van der Waals surface area (Å²) in [5.74, 6) is 0.416. The lowest BCUT2D eigenvalue weighted by atomic mass is 10.0. The lowest BCUT2D eigenvalue weighted by Gasteiger charge is -2.11. The van der Waals surface area contributed by atoms with Crippen molar-refractivity contribution in [3.63, 3.8) is 0 Å². The summed E-state index contributed by atoms with van der Waals surface area (Å²) < 4.78 is 13.6. The van der Waals surface area contributed by atoms with Gasteiger partial charge in [-0.15, -0.1) is 0 Å². The molecule has 0 radical (unpaired) electrons. The molecule has 0 aliphatic rings. The predicted molar refractivity (Wildman–Crippen MR) is 131 cm³/mol. The van der Waals surface area contributed by atoms with Gasteiger partial charge in [0.15, 0.2) is 0 Å². The molecule has 0 bridgehead atoms. The van der Waals surface area contributed by atoms with E-state index in [0.29, 0.717) is 24.2 Å². The highest BCUT2D eigenvalue weighted by molar-refractivity contribution is 6.02. The number of aryl methyl sites for hydroxylation is 2. The zero-order valence-corrected chi connectivity index (χ0v) is 19.5. The number of rotatable bonds is 8. The highest BCUT2D eigenvalue weighted by Gasteiger charge is 2.09. The minimum Gasteiger partial charge on any atom is -0.258 e.